The number of nitrogens with one attached hydrogen (secondary N) is 1. The molecule has 2 aromatic heterocycles. The molecule has 0 aromatic carbocycles. The lowest BCUT2D eigenvalue weighted by Gasteiger charge is -2.31. The lowest BCUT2D eigenvalue weighted by Crippen LogP contribution is -2.39. The maximum Gasteiger partial charge on any atom is 0.261 e. The standard InChI is InChI=1S/C15H17FN4OS/c16-12-9-18-15(19-10-12)20-5-3-11(4-6-20)8-17-14(21)13-2-1-7-22-13/h1-2,7,9-11H,3-6,8H2,(H,17,21). The van der Waals surface area contributed by atoms with Gasteiger partial charge >= 0.3 is 0 Å². The number of carbonyl (C=O) groups is 1. The van der Waals surface area contributed by atoms with Crippen molar-refractivity contribution in [3.05, 3.63) is 40.6 Å². The molecule has 1 aliphatic rings. The fraction of sp³-hybridized carbons (Fsp3) is 0.400. The first-order valence-electron chi connectivity index (χ1n) is 7.26. The Labute approximate surface area is 132 Å². The Kier molecular flexibility index (Phi) is 4.62. The van der Waals surface area contributed by atoms with Crippen LogP contribution in [0.5, 0.6) is 0 Å². The minimum atomic E-state index is -0.421. The van der Waals surface area contributed by atoms with Crippen molar-refractivity contribution in [1.82, 2.24) is 15.3 Å². The summed E-state index contributed by atoms with van der Waals surface area (Å²) >= 11 is 1.45. The number of carbonyl (C=O) groups excluding carboxylic acids is 1. The molecule has 1 saturated heterocycles. The summed E-state index contributed by atoms with van der Waals surface area (Å²) in [5.41, 5.74) is 0. The molecule has 0 spiro atoms. The summed E-state index contributed by atoms with van der Waals surface area (Å²) in [6.07, 6.45) is 4.31. The van der Waals surface area contributed by atoms with E-state index in [0.29, 0.717) is 18.4 Å². The van der Waals surface area contributed by atoms with Crippen LogP contribution >= 0.6 is 11.3 Å². The van der Waals surface area contributed by atoms with Crippen molar-refractivity contribution < 1.29 is 9.18 Å². The molecule has 7 heteroatoms. The van der Waals surface area contributed by atoms with E-state index in [2.05, 4.69) is 20.2 Å². The Bertz CT molecular complexity index is 609. The number of piperidine rings is 1. The zero-order valence-corrected chi connectivity index (χ0v) is 12.9. The van der Waals surface area contributed by atoms with E-state index in [1.165, 1.54) is 23.7 Å². The monoisotopic (exact) mass is 320 g/mol. The average molecular weight is 320 g/mol. The van der Waals surface area contributed by atoms with E-state index in [1.807, 2.05) is 17.5 Å². The largest absolute Gasteiger partial charge is 0.351 e. The van der Waals surface area contributed by atoms with Gasteiger partial charge in [-0.3, -0.25) is 4.79 Å². The summed E-state index contributed by atoms with van der Waals surface area (Å²) in [7, 11) is 0. The molecule has 1 fully saturated rings. The third kappa shape index (κ3) is 3.59. The first-order valence-corrected chi connectivity index (χ1v) is 8.14. The van der Waals surface area contributed by atoms with Gasteiger partial charge in [-0.1, -0.05) is 6.07 Å². The van der Waals surface area contributed by atoms with Crippen LogP contribution in [0.2, 0.25) is 0 Å². The first-order chi connectivity index (χ1) is 10.7. The highest BCUT2D eigenvalue weighted by atomic mass is 32.1. The SMILES string of the molecule is O=C(NCC1CCN(c2ncc(F)cn2)CC1)c1cccs1. The van der Waals surface area contributed by atoms with E-state index in [0.717, 1.165) is 30.8 Å². The fourth-order valence-corrected chi connectivity index (χ4v) is 3.18. The molecule has 0 saturated carbocycles. The molecule has 0 unspecified atom stereocenters. The predicted molar refractivity (Wildman–Crippen MR) is 83.6 cm³/mol. The molecule has 0 bridgehead atoms. The Morgan fingerprint density at radius 3 is 2.73 bits per heavy atom. The van der Waals surface area contributed by atoms with Gasteiger partial charge in [0.1, 0.15) is 0 Å². The maximum absolute atomic E-state index is 12.8. The van der Waals surface area contributed by atoms with Crippen molar-refractivity contribution in [3.8, 4) is 0 Å². The van der Waals surface area contributed by atoms with Crippen molar-refractivity contribution in [2.75, 3.05) is 24.5 Å². The molecule has 1 N–H and O–H groups in total. The van der Waals surface area contributed by atoms with Gasteiger partial charge in [-0.25, -0.2) is 14.4 Å². The van der Waals surface area contributed by atoms with E-state index in [1.54, 1.807) is 0 Å². The Morgan fingerprint density at radius 1 is 1.36 bits per heavy atom. The average Bonchev–Trinajstić information content (AvgIpc) is 3.08. The Balaban J connectivity index is 1.45. The second kappa shape index (κ2) is 6.83. The third-order valence-electron chi connectivity index (χ3n) is 3.80. The van der Waals surface area contributed by atoms with Crippen molar-refractivity contribution in [2.24, 2.45) is 5.92 Å². The highest BCUT2D eigenvalue weighted by molar-refractivity contribution is 7.12. The Hall–Kier alpha value is -2.02. The van der Waals surface area contributed by atoms with Crippen LogP contribution in [-0.4, -0.2) is 35.5 Å². The Morgan fingerprint density at radius 2 is 2.09 bits per heavy atom. The molecule has 3 heterocycles. The van der Waals surface area contributed by atoms with Crippen LogP contribution in [0.3, 0.4) is 0 Å². The van der Waals surface area contributed by atoms with Gasteiger partial charge in [0.15, 0.2) is 5.82 Å². The molecule has 0 radical (unpaired) electrons. The van der Waals surface area contributed by atoms with Crippen LogP contribution < -0.4 is 10.2 Å². The van der Waals surface area contributed by atoms with Crippen LogP contribution in [0.15, 0.2) is 29.9 Å². The number of aromatic nitrogens is 2. The van der Waals surface area contributed by atoms with Crippen molar-refractivity contribution in [1.29, 1.82) is 0 Å². The fourth-order valence-electron chi connectivity index (χ4n) is 2.54. The van der Waals surface area contributed by atoms with Crippen LogP contribution in [0.1, 0.15) is 22.5 Å². The second-order valence-corrected chi connectivity index (χ2v) is 6.27. The summed E-state index contributed by atoms with van der Waals surface area (Å²) in [6.45, 7) is 2.34. The number of anilines is 1. The van der Waals surface area contributed by atoms with E-state index in [9.17, 15) is 9.18 Å². The molecule has 22 heavy (non-hydrogen) atoms. The number of rotatable bonds is 4. The van der Waals surface area contributed by atoms with Gasteiger partial charge < -0.3 is 10.2 Å². The van der Waals surface area contributed by atoms with E-state index >= 15 is 0 Å². The summed E-state index contributed by atoms with van der Waals surface area (Å²) < 4.78 is 12.8. The van der Waals surface area contributed by atoms with Crippen molar-refractivity contribution in [3.63, 3.8) is 0 Å². The van der Waals surface area contributed by atoms with Crippen LogP contribution in [0, 0.1) is 11.7 Å². The maximum atomic E-state index is 12.8. The molecule has 1 aliphatic heterocycles. The van der Waals surface area contributed by atoms with Crippen molar-refractivity contribution in [2.45, 2.75) is 12.8 Å². The van der Waals surface area contributed by atoms with E-state index in [4.69, 9.17) is 0 Å². The number of hydrogen-bond acceptors (Lipinski definition) is 5. The number of halogens is 1. The molecule has 116 valence electrons. The normalized spacial score (nSPS) is 15.8. The predicted octanol–water partition coefficient (Wildman–Crippen LogP) is 2.32. The van der Waals surface area contributed by atoms with Crippen molar-refractivity contribution >= 4 is 23.2 Å². The highest BCUT2D eigenvalue weighted by Crippen LogP contribution is 2.20. The quantitative estimate of drug-likeness (QED) is 0.939. The summed E-state index contributed by atoms with van der Waals surface area (Å²) in [5, 5.41) is 4.89. The van der Waals surface area contributed by atoms with E-state index < -0.39 is 5.82 Å². The van der Waals surface area contributed by atoms with Gasteiger partial charge in [0.25, 0.3) is 5.91 Å². The zero-order chi connectivity index (χ0) is 15.4. The number of amides is 1. The van der Waals surface area contributed by atoms with Crippen LogP contribution in [0.4, 0.5) is 10.3 Å². The molecule has 3 rings (SSSR count). The smallest absolute Gasteiger partial charge is 0.261 e. The van der Waals surface area contributed by atoms with Gasteiger partial charge in [-0.2, -0.15) is 0 Å². The topological polar surface area (TPSA) is 58.1 Å². The van der Waals surface area contributed by atoms with Crippen LogP contribution in [-0.2, 0) is 0 Å². The molecule has 0 aliphatic carbocycles. The summed E-state index contributed by atoms with van der Waals surface area (Å²) in [6, 6.07) is 3.70. The molecule has 0 atom stereocenters. The molecule has 5 nitrogen and oxygen atoms in total. The van der Waals surface area contributed by atoms with Gasteiger partial charge in [-0.15, -0.1) is 11.3 Å². The minimum Gasteiger partial charge on any atom is -0.351 e. The third-order valence-corrected chi connectivity index (χ3v) is 4.67. The minimum absolute atomic E-state index is 0.000650. The zero-order valence-electron chi connectivity index (χ0n) is 12.0. The number of hydrogen-bond donors (Lipinski definition) is 1. The van der Waals surface area contributed by atoms with Gasteiger partial charge in [0.2, 0.25) is 5.95 Å². The van der Waals surface area contributed by atoms with Gasteiger partial charge in [-0.05, 0) is 30.2 Å². The van der Waals surface area contributed by atoms with Crippen LogP contribution in [0.25, 0.3) is 0 Å². The number of thiophene rings is 1. The summed E-state index contributed by atoms with van der Waals surface area (Å²) in [5.74, 6) is 0.609. The molecular weight excluding hydrogens is 303 g/mol. The van der Waals surface area contributed by atoms with Gasteiger partial charge in [0, 0.05) is 19.6 Å². The lowest BCUT2D eigenvalue weighted by molar-refractivity contribution is 0.0949. The lowest BCUT2D eigenvalue weighted by atomic mass is 9.97. The molecular formula is C15H17FN4OS. The second-order valence-electron chi connectivity index (χ2n) is 5.32. The highest BCUT2D eigenvalue weighted by Gasteiger charge is 2.21. The van der Waals surface area contributed by atoms with E-state index in [-0.39, 0.29) is 5.91 Å². The first kappa shape index (κ1) is 14.9. The van der Waals surface area contributed by atoms with Gasteiger partial charge in [0.05, 0.1) is 17.3 Å². The molecule has 2 aromatic rings. The molecule has 1 amide bonds. The number of nitrogens with zero attached hydrogens (tertiary/aromatic N) is 3. The summed E-state index contributed by atoms with van der Waals surface area (Å²) in [4.78, 5) is 22.7.